The van der Waals surface area contributed by atoms with Crippen LogP contribution in [-0.4, -0.2) is 23.0 Å². The number of imidazole rings is 1. The number of aromatic nitrogens is 2. The molecule has 4 nitrogen and oxygen atoms in total. The fourth-order valence-electron chi connectivity index (χ4n) is 1.48. The Morgan fingerprint density at radius 2 is 2.40 bits per heavy atom. The highest BCUT2D eigenvalue weighted by atomic mass is 35.5. The van der Waals surface area contributed by atoms with Crippen LogP contribution in [-0.2, 0) is 10.6 Å². The molecule has 1 heterocycles. The van der Waals surface area contributed by atoms with E-state index in [4.69, 9.17) is 11.6 Å². The summed E-state index contributed by atoms with van der Waals surface area (Å²) >= 11 is 5.76. The summed E-state index contributed by atoms with van der Waals surface area (Å²) in [6.07, 6.45) is 1.53. The summed E-state index contributed by atoms with van der Waals surface area (Å²) in [6, 6.07) is 3.46. The van der Waals surface area contributed by atoms with Crippen LogP contribution < -0.4 is 0 Å². The highest BCUT2D eigenvalue weighted by molar-refractivity contribution is 6.18. The predicted molar refractivity (Wildman–Crippen MR) is 57.0 cm³/mol. The third-order valence-corrected chi connectivity index (χ3v) is 2.50. The Bertz CT molecular complexity index is 507. The number of alkyl halides is 1. The number of esters is 1. The van der Waals surface area contributed by atoms with E-state index >= 15 is 0 Å². The number of nitrogens with one attached hydrogen (secondary N) is 1. The first-order valence-electron chi connectivity index (χ1n) is 4.37. The van der Waals surface area contributed by atoms with Gasteiger partial charge in [0, 0.05) is 5.88 Å². The van der Waals surface area contributed by atoms with Gasteiger partial charge in [0.1, 0.15) is 0 Å². The Labute approximate surface area is 91.2 Å². The zero-order valence-electron chi connectivity index (χ0n) is 8.08. The van der Waals surface area contributed by atoms with Gasteiger partial charge < -0.3 is 9.72 Å². The molecular formula is C10H9ClN2O2. The van der Waals surface area contributed by atoms with Gasteiger partial charge >= 0.3 is 5.97 Å². The molecule has 0 unspecified atom stereocenters. The van der Waals surface area contributed by atoms with Crippen LogP contribution in [0.5, 0.6) is 0 Å². The third-order valence-electron chi connectivity index (χ3n) is 2.21. The van der Waals surface area contributed by atoms with Crippen LogP contribution in [0.25, 0.3) is 11.0 Å². The first kappa shape index (κ1) is 9.98. The van der Waals surface area contributed by atoms with E-state index in [1.54, 1.807) is 12.1 Å². The number of methoxy groups -OCH3 is 1. The lowest BCUT2D eigenvalue weighted by Gasteiger charge is -2.02. The average Bonchev–Trinajstić information content (AvgIpc) is 2.75. The predicted octanol–water partition coefficient (Wildman–Crippen LogP) is 2.09. The molecule has 15 heavy (non-hydrogen) atoms. The number of halogens is 1. The highest BCUT2D eigenvalue weighted by Gasteiger charge is 2.13. The molecule has 1 aromatic carbocycles. The summed E-state index contributed by atoms with van der Waals surface area (Å²) < 4.78 is 4.67. The summed E-state index contributed by atoms with van der Waals surface area (Å²) in [5, 5.41) is 0. The molecule has 0 radical (unpaired) electrons. The minimum absolute atomic E-state index is 0.364. The minimum Gasteiger partial charge on any atom is -0.465 e. The molecule has 0 aliphatic heterocycles. The molecule has 0 bridgehead atoms. The van der Waals surface area contributed by atoms with Crippen molar-refractivity contribution in [2.24, 2.45) is 0 Å². The molecule has 0 atom stereocenters. The van der Waals surface area contributed by atoms with Gasteiger partial charge in [-0.2, -0.15) is 0 Å². The van der Waals surface area contributed by atoms with Gasteiger partial charge in [0.05, 0.1) is 30.0 Å². The molecule has 2 aromatic rings. The van der Waals surface area contributed by atoms with Crippen molar-refractivity contribution in [1.82, 2.24) is 9.97 Å². The first-order valence-corrected chi connectivity index (χ1v) is 4.90. The second-order valence-electron chi connectivity index (χ2n) is 3.02. The van der Waals surface area contributed by atoms with E-state index in [1.807, 2.05) is 0 Å². The van der Waals surface area contributed by atoms with E-state index in [9.17, 15) is 4.79 Å². The van der Waals surface area contributed by atoms with E-state index in [0.717, 1.165) is 5.56 Å². The zero-order chi connectivity index (χ0) is 10.8. The van der Waals surface area contributed by atoms with Crippen LogP contribution in [0.3, 0.4) is 0 Å². The molecule has 5 heteroatoms. The van der Waals surface area contributed by atoms with E-state index in [-0.39, 0.29) is 5.97 Å². The van der Waals surface area contributed by atoms with Crippen molar-refractivity contribution in [2.75, 3.05) is 7.11 Å². The Morgan fingerprint density at radius 1 is 1.60 bits per heavy atom. The summed E-state index contributed by atoms with van der Waals surface area (Å²) in [4.78, 5) is 18.4. The SMILES string of the molecule is COC(=O)c1ccc(CCl)c2nc[nH]c12. The third kappa shape index (κ3) is 1.57. The average molecular weight is 225 g/mol. The zero-order valence-corrected chi connectivity index (χ0v) is 8.84. The molecule has 0 amide bonds. The van der Waals surface area contributed by atoms with Crippen molar-refractivity contribution >= 4 is 28.6 Å². The number of benzene rings is 1. The van der Waals surface area contributed by atoms with Crippen LogP contribution in [0.2, 0.25) is 0 Å². The molecule has 0 aliphatic rings. The number of carbonyl (C=O) groups is 1. The van der Waals surface area contributed by atoms with Gasteiger partial charge in [0.15, 0.2) is 0 Å². The molecule has 78 valence electrons. The van der Waals surface area contributed by atoms with Crippen molar-refractivity contribution in [3.05, 3.63) is 29.6 Å². The largest absolute Gasteiger partial charge is 0.465 e. The van der Waals surface area contributed by atoms with E-state index in [2.05, 4.69) is 14.7 Å². The van der Waals surface area contributed by atoms with Crippen molar-refractivity contribution < 1.29 is 9.53 Å². The number of H-pyrrole nitrogens is 1. The van der Waals surface area contributed by atoms with E-state index in [1.165, 1.54) is 13.4 Å². The lowest BCUT2D eigenvalue weighted by atomic mass is 10.1. The van der Waals surface area contributed by atoms with Crippen LogP contribution in [0.15, 0.2) is 18.5 Å². The fraction of sp³-hybridized carbons (Fsp3) is 0.200. The van der Waals surface area contributed by atoms with Crippen LogP contribution >= 0.6 is 11.6 Å². The molecule has 0 saturated heterocycles. The van der Waals surface area contributed by atoms with E-state index < -0.39 is 0 Å². The highest BCUT2D eigenvalue weighted by Crippen LogP contribution is 2.21. The van der Waals surface area contributed by atoms with Crippen molar-refractivity contribution in [3.63, 3.8) is 0 Å². The standard InChI is InChI=1S/C10H9ClN2O2/c1-15-10(14)7-3-2-6(4-11)8-9(7)13-5-12-8/h2-3,5H,4H2,1H3,(H,12,13). The van der Waals surface area contributed by atoms with Gasteiger partial charge in [-0.3, -0.25) is 0 Å². The number of carbonyl (C=O) groups excluding carboxylic acids is 1. The van der Waals surface area contributed by atoms with Gasteiger partial charge in [-0.1, -0.05) is 6.07 Å². The molecule has 0 aliphatic carbocycles. The lowest BCUT2D eigenvalue weighted by molar-refractivity contribution is 0.0603. The summed E-state index contributed by atoms with van der Waals surface area (Å²) in [5.74, 6) is -0.0200. The van der Waals surface area contributed by atoms with Crippen molar-refractivity contribution in [1.29, 1.82) is 0 Å². The topological polar surface area (TPSA) is 55.0 Å². The van der Waals surface area contributed by atoms with Gasteiger partial charge in [-0.05, 0) is 11.6 Å². The van der Waals surface area contributed by atoms with Crippen LogP contribution in [0.4, 0.5) is 0 Å². The van der Waals surface area contributed by atoms with Crippen LogP contribution in [0, 0.1) is 0 Å². The number of hydrogen-bond acceptors (Lipinski definition) is 3. The Hall–Kier alpha value is -1.55. The first-order chi connectivity index (χ1) is 7.27. The maximum Gasteiger partial charge on any atom is 0.340 e. The number of hydrogen-bond donors (Lipinski definition) is 1. The normalized spacial score (nSPS) is 10.5. The summed E-state index contributed by atoms with van der Waals surface area (Å²) in [7, 11) is 1.35. The molecule has 0 spiro atoms. The van der Waals surface area contributed by atoms with Gasteiger partial charge in [0.25, 0.3) is 0 Å². The Balaban J connectivity index is 2.68. The monoisotopic (exact) mass is 224 g/mol. The minimum atomic E-state index is -0.384. The second-order valence-corrected chi connectivity index (χ2v) is 3.29. The fourth-order valence-corrected chi connectivity index (χ4v) is 1.69. The molecule has 0 fully saturated rings. The smallest absolute Gasteiger partial charge is 0.340 e. The summed E-state index contributed by atoms with van der Waals surface area (Å²) in [5.41, 5.74) is 2.74. The second kappa shape index (κ2) is 3.90. The number of ether oxygens (including phenoxy) is 1. The number of rotatable bonds is 2. The van der Waals surface area contributed by atoms with E-state index in [0.29, 0.717) is 22.5 Å². The maximum atomic E-state index is 11.4. The van der Waals surface area contributed by atoms with Gasteiger partial charge in [-0.25, -0.2) is 9.78 Å². The number of fused-ring (bicyclic) bond motifs is 1. The maximum absolute atomic E-state index is 11.4. The molecule has 1 aromatic heterocycles. The van der Waals surface area contributed by atoms with Crippen molar-refractivity contribution in [2.45, 2.75) is 5.88 Å². The van der Waals surface area contributed by atoms with Gasteiger partial charge in [0.2, 0.25) is 0 Å². The Morgan fingerprint density at radius 3 is 3.07 bits per heavy atom. The number of aromatic amines is 1. The number of nitrogens with zero attached hydrogens (tertiary/aromatic N) is 1. The molecule has 1 N–H and O–H groups in total. The molecule has 2 rings (SSSR count). The summed E-state index contributed by atoms with van der Waals surface area (Å²) in [6.45, 7) is 0. The lowest BCUT2D eigenvalue weighted by Crippen LogP contribution is -2.02. The molecule has 0 saturated carbocycles. The van der Waals surface area contributed by atoms with Crippen molar-refractivity contribution in [3.8, 4) is 0 Å². The molecular weight excluding hydrogens is 216 g/mol. The quantitative estimate of drug-likeness (QED) is 0.628. The Kier molecular flexibility index (Phi) is 2.60. The van der Waals surface area contributed by atoms with Gasteiger partial charge in [-0.15, -0.1) is 11.6 Å². The van der Waals surface area contributed by atoms with Crippen LogP contribution in [0.1, 0.15) is 15.9 Å².